The highest BCUT2D eigenvalue weighted by molar-refractivity contribution is 5.63. The summed E-state index contributed by atoms with van der Waals surface area (Å²) in [7, 11) is 1.51. The number of nitro groups is 1. The van der Waals surface area contributed by atoms with E-state index in [1.165, 1.54) is 19.3 Å². The van der Waals surface area contributed by atoms with Crippen molar-refractivity contribution in [1.82, 2.24) is 4.98 Å². The minimum Gasteiger partial charge on any atom is -0.367 e. The Morgan fingerprint density at radius 3 is 2.92 bits per heavy atom. The normalized spacial score (nSPS) is 8.92. The topological polar surface area (TPSA) is 91.8 Å². The van der Waals surface area contributed by atoms with Gasteiger partial charge in [0.2, 0.25) is 5.82 Å². The second-order valence-corrected chi connectivity index (χ2v) is 2.17. The van der Waals surface area contributed by atoms with Gasteiger partial charge in [-0.2, -0.15) is 5.26 Å². The molecule has 6 heteroatoms. The first-order chi connectivity index (χ1) is 6.20. The Bertz CT molecular complexity index is 383. The van der Waals surface area contributed by atoms with Crippen molar-refractivity contribution < 1.29 is 4.92 Å². The highest BCUT2D eigenvalue weighted by Crippen LogP contribution is 2.24. The van der Waals surface area contributed by atoms with Crippen LogP contribution in [0, 0.1) is 21.4 Å². The number of nitrogens with zero attached hydrogens (tertiary/aromatic N) is 3. The lowest BCUT2D eigenvalue weighted by atomic mass is 10.2. The molecule has 0 aromatic carbocycles. The molecule has 1 aromatic heterocycles. The zero-order chi connectivity index (χ0) is 9.84. The molecule has 0 bridgehead atoms. The van der Waals surface area contributed by atoms with E-state index < -0.39 is 4.92 Å². The van der Waals surface area contributed by atoms with E-state index in [1.807, 2.05) is 0 Å². The molecule has 0 saturated carbocycles. The summed E-state index contributed by atoms with van der Waals surface area (Å²) in [6.07, 6.45) is 1.34. The Morgan fingerprint density at radius 2 is 2.46 bits per heavy atom. The molecule has 0 amide bonds. The Labute approximate surface area is 74.0 Å². The van der Waals surface area contributed by atoms with Crippen molar-refractivity contribution in [2.75, 3.05) is 12.4 Å². The first kappa shape index (κ1) is 8.93. The predicted octanol–water partition coefficient (Wildman–Crippen LogP) is 0.903. The molecule has 1 rings (SSSR count). The number of hydrogen-bond acceptors (Lipinski definition) is 5. The molecule has 0 unspecified atom stereocenters. The Morgan fingerprint density at radius 1 is 1.77 bits per heavy atom. The lowest BCUT2D eigenvalue weighted by Crippen LogP contribution is -2.01. The molecule has 13 heavy (non-hydrogen) atoms. The van der Waals surface area contributed by atoms with Crippen LogP contribution in [0.4, 0.5) is 11.5 Å². The van der Waals surface area contributed by atoms with Crippen LogP contribution in [-0.4, -0.2) is 17.0 Å². The van der Waals surface area contributed by atoms with Gasteiger partial charge in [-0.3, -0.25) is 10.1 Å². The molecule has 66 valence electrons. The molecule has 0 saturated heterocycles. The standard InChI is InChI=1S/C7H6N4O2/c1-9-7-6(11(12)13)5(4-8)2-3-10-7/h2-3H,1H3,(H,9,10). The van der Waals surface area contributed by atoms with Gasteiger partial charge < -0.3 is 5.32 Å². The van der Waals surface area contributed by atoms with Gasteiger partial charge in [0, 0.05) is 13.2 Å². The summed E-state index contributed by atoms with van der Waals surface area (Å²) >= 11 is 0. The second-order valence-electron chi connectivity index (χ2n) is 2.17. The molecular formula is C7H6N4O2. The van der Waals surface area contributed by atoms with E-state index in [-0.39, 0.29) is 17.1 Å². The number of nitriles is 1. The Kier molecular flexibility index (Phi) is 2.40. The summed E-state index contributed by atoms with van der Waals surface area (Å²) in [6.45, 7) is 0. The zero-order valence-electron chi connectivity index (χ0n) is 6.81. The van der Waals surface area contributed by atoms with Crippen LogP contribution in [0.15, 0.2) is 12.3 Å². The van der Waals surface area contributed by atoms with E-state index in [0.717, 1.165) is 0 Å². The van der Waals surface area contributed by atoms with Crippen LogP contribution in [0.3, 0.4) is 0 Å². The third kappa shape index (κ3) is 1.54. The molecule has 0 atom stereocenters. The Hall–Kier alpha value is -2.16. The summed E-state index contributed by atoms with van der Waals surface area (Å²) in [5.74, 6) is 0.101. The van der Waals surface area contributed by atoms with Crippen molar-refractivity contribution in [3.8, 4) is 6.07 Å². The zero-order valence-corrected chi connectivity index (χ0v) is 6.81. The van der Waals surface area contributed by atoms with Crippen molar-refractivity contribution in [2.45, 2.75) is 0 Å². The van der Waals surface area contributed by atoms with Crippen molar-refractivity contribution in [3.05, 3.63) is 27.9 Å². The Balaban J connectivity index is 3.41. The van der Waals surface area contributed by atoms with Gasteiger partial charge in [-0.05, 0) is 6.07 Å². The molecule has 0 spiro atoms. The number of rotatable bonds is 2. The van der Waals surface area contributed by atoms with Gasteiger partial charge >= 0.3 is 5.69 Å². The maximum absolute atomic E-state index is 10.5. The maximum atomic E-state index is 10.5. The number of nitrogens with one attached hydrogen (secondary N) is 1. The summed E-state index contributed by atoms with van der Waals surface area (Å²) in [5, 5.41) is 21.7. The van der Waals surface area contributed by atoms with E-state index in [1.54, 1.807) is 6.07 Å². The molecule has 1 aromatic rings. The quantitative estimate of drug-likeness (QED) is 0.536. The fourth-order valence-electron chi connectivity index (χ4n) is 0.912. The number of pyridine rings is 1. The van der Waals surface area contributed by atoms with E-state index >= 15 is 0 Å². The van der Waals surface area contributed by atoms with Crippen molar-refractivity contribution in [1.29, 1.82) is 5.26 Å². The lowest BCUT2D eigenvalue weighted by molar-refractivity contribution is -0.384. The monoisotopic (exact) mass is 178 g/mol. The van der Waals surface area contributed by atoms with Crippen molar-refractivity contribution in [2.24, 2.45) is 0 Å². The lowest BCUT2D eigenvalue weighted by Gasteiger charge is -2.00. The SMILES string of the molecule is CNc1nccc(C#N)c1[N+](=O)[O-]. The molecule has 0 radical (unpaired) electrons. The van der Waals surface area contributed by atoms with Crippen LogP contribution in [0.25, 0.3) is 0 Å². The molecule has 0 fully saturated rings. The molecule has 0 aliphatic rings. The third-order valence-electron chi connectivity index (χ3n) is 1.46. The fraction of sp³-hybridized carbons (Fsp3) is 0.143. The van der Waals surface area contributed by atoms with Crippen molar-refractivity contribution >= 4 is 11.5 Å². The molecule has 0 aliphatic carbocycles. The van der Waals surface area contributed by atoms with Gasteiger partial charge in [0.05, 0.1) is 4.92 Å². The van der Waals surface area contributed by atoms with Gasteiger partial charge in [0.15, 0.2) is 0 Å². The average molecular weight is 178 g/mol. The van der Waals surface area contributed by atoms with Crippen LogP contribution in [0.1, 0.15) is 5.56 Å². The third-order valence-corrected chi connectivity index (χ3v) is 1.46. The predicted molar refractivity (Wildman–Crippen MR) is 45.2 cm³/mol. The van der Waals surface area contributed by atoms with E-state index in [4.69, 9.17) is 5.26 Å². The van der Waals surface area contributed by atoms with Crippen LogP contribution in [0.5, 0.6) is 0 Å². The number of aromatic nitrogens is 1. The highest BCUT2D eigenvalue weighted by Gasteiger charge is 2.19. The van der Waals surface area contributed by atoms with Gasteiger partial charge in [0.1, 0.15) is 11.6 Å². The molecule has 1 heterocycles. The molecule has 6 nitrogen and oxygen atoms in total. The van der Waals surface area contributed by atoms with E-state index in [2.05, 4.69) is 10.3 Å². The van der Waals surface area contributed by atoms with Crippen molar-refractivity contribution in [3.63, 3.8) is 0 Å². The summed E-state index contributed by atoms with van der Waals surface area (Å²) in [4.78, 5) is 13.6. The molecular weight excluding hydrogens is 172 g/mol. The minimum absolute atomic E-state index is 0.00403. The first-order valence-electron chi connectivity index (χ1n) is 3.42. The maximum Gasteiger partial charge on any atom is 0.328 e. The largest absolute Gasteiger partial charge is 0.367 e. The van der Waals surface area contributed by atoms with Gasteiger partial charge in [-0.25, -0.2) is 4.98 Å². The number of hydrogen-bond donors (Lipinski definition) is 1. The van der Waals surface area contributed by atoms with Crippen LogP contribution < -0.4 is 5.32 Å². The smallest absolute Gasteiger partial charge is 0.328 e. The summed E-state index contributed by atoms with van der Waals surface area (Å²) < 4.78 is 0. The first-order valence-corrected chi connectivity index (χ1v) is 3.42. The molecule has 0 aliphatic heterocycles. The average Bonchev–Trinajstić information content (AvgIpc) is 2.16. The van der Waals surface area contributed by atoms with Crippen LogP contribution in [-0.2, 0) is 0 Å². The minimum atomic E-state index is -0.628. The second kappa shape index (κ2) is 3.49. The van der Waals surface area contributed by atoms with Gasteiger partial charge in [0.25, 0.3) is 0 Å². The summed E-state index contributed by atoms with van der Waals surface area (Å²) in [6, 6.07) is 3.03. The van der Waals surface area contributed by atoms with E-state index in [9.17, 15) is 10.1 Å². The fourth-order valence-corrected chi connectivity index (χ4v) is 0.912. The van der Waals surface area contributed by atoms with Gasteiger partial charge in [-0.15, -0.1) is 0 Å². The molecule has 1 N–H and O–H groups in total. The van der Waals surface area contributed by atoms with Crippen LogP contribution >= 0.6 is 0 Å². The van der Waals surface area contributed by atoms with Gasteiger partial charge in [-0.1, -0.05) is 0 Å². The number of anilines is 1. The summed E-state index contributed by atoms with van der Waals surface area (Å²) in [5.41, 5.74) is -0.281. The highest BCUT2D eigenvalue weighted by atomic mass is 16.6. The van der Waals surface area contributed by atoms with Crippen LogP contribution in [0.2, 0.25) is 0 Å². The van der Waals surface area contributed by atoms with E-state index in [0.29, 0.717) is 0 Å².